The van der Waals surface area contributed by atoms with E-state index in [1.165, 1.54) is 51.4 Å². The number of hydrogen-bond acceptors (Lipinski definition) is 2. The molecule has 1 saturated heterocycles. The van der Waals surface area contributed by atoms with Gasteiger partial charge in [-0.05, 0) is 12.8 Å². The van der Waals surface area contributed by atoms with Gasteiger partial charge in [0.1, 0.15) is 12.4 Å². The first-order chi connectivity index (χ1) is 7.93. The van der Waals surface area contributed by atoms with Crippen LogP contribution in [0.4, 0.5) is 0 Å². The van der Waals surface area contributed by atoms with Gasteiger partial charge in [0, 0.05) is 6.61 Å². The van der Waals surface area contributed by atoms with E-state index in [9.17, 15) is 4.79 Å². The highest BCUT2D eigenvalue weighted by atomic mass is 16.5. The predicted molar refractivity (Wildman–Crippen MR) is 66.6 cm³/mol. The molecule has 0 saturated carbocycles. The zero-order chi connectivity index (χ0) is 11.5. The van der Waals surface area contributed by atoms with Gasteiger partial charge in [-0.3, -0.25) is 0 Å². The van der Waals surface area contributed by atoms with Crippen molar-refractivity contribution >= 4 is 6.29 Å². The van der Waals surface area contributed by atoms with Gasteiger partial charge in [0.05, 0.1) is 0 Å². The van der Waals surface area contributed by atoms with Gasteiger partial charge in [-0.15, -0.1) is 0 Å². The molecule has 0 amide bonds. The Morgan fingerprint density at radius 3 is 1.81 bits per heavy atom. The lowest BCUT2D eigenvalue weighted by molar-refractivity contribution is -0.118. The Kier molecular flexibility index (Phi) is 8.41. The Morgan fingerprint density at radius 1 is 0.750 bits per heavy atom. The third kappa shape index (κ3) is 7.00. The van der Waals surface area contributed by atoms with Gasteiger partial charge < -0.3 is 9.53 Å². The molecule has 0 bridgehead atoms. The van der Waals surface area contributed by atoms with Crippen LogP contribution < -0.4 is 0 Å². The number of aldehydes is 1. The normalized spacial score (nSPS) is 26.9. The minimum Gasteiger partial charge on any atom is -0.371 e. The summed E-state index contributed by atoms with van der Waals surface area (Å²) in [5.74, 6) is 0. The van der Waals surface area contributed by atoms with Gasteiger partial charge in [-0.1, -0.05) is 57.8 Å². The van der Waals surface area contributed by atoms with E-state index in [2.05, 4.69) is 0 Å². The molecule has 1 heterocycles. The SMILES string of the molecule is O=CC1CCCCCCCCCCCCO1. The van der Waals surface area contributed by atoms with Crippen LogP contribution in [0, 0.1) is 0 Å². The zero-order valence-electron chi connectivity index (χ0n) is 10.5. The van der Waals surface area contributed by atoms with Crippen molar-refractivity contribution in [3.05, 3.63) is 0 Å². The summed E-state index contributed by atoms with van der Waals surface area (Å²) >= 11 is 0. The third-order valence-corrected chi connectivity index (χ3v) is 3.37. The van der Waals surface area contributed by atoms with E-state index in [4.69, 9.17) is 4.74 Å². The second kappa shape index (κ2) is 9.83. The number of carbonyl (C=O) groups is 1. The van der Waals surface area contributed by atoms with Crippen molar-refractivity contribution in [2.24, 2.45) is 0 Å². The maximum atomic E-state index is 10.8. The molecule has 2 nitrogen and oxygen atoms in total. The van der Waals surface area contributed by atoms with E-state index in [1.807, 2.05) is 0 Å². The van der Waals surface area contributed by atoms with Gasteiger partial charge in [-0.25, -0.2) is 0 Å². The van der Waals surface area contributed by atoms with Crippen molar-refractivity contribution < 1.29 is 9.53 Å². The van der Waals surface area contributed by atoms with Gasteiger partial charge >= 0.3 is 0 Å². The Morgan fingerprint density at radius 2 is 1.25 bits per heavy atom. The zero-order valence-corrected chi connectivity index (χ0v) is 10.5. The summed E-state index contributed by atoms with van der Waals surface area (Å²) in [5.41, 5.74) is 0. The Hall–Kier alpha value is -0.370. The smallest absolute Gasteiger partial charge is 0.148 e. The summed E-state index contributed by atoms with van der Waals surface area (Å²) in [6.45, 7) is 0.767. The maximum Gasteiger partial charge on any atom is 0.148 e. The molecule has 1 aliphatic heterocycles. The lowest BCUT2D eigenvalue weighted by Crippen LogP contribution is -2.15. The molecule has 0 aromatic heterocycles. The molecule has 1 unspecified atom stereocenters. The van der Waals surface area contributed by atoms with E-state index in [-0.39, 0.29) is 6.10 Å². The van der Waals surface area contributed by atoms with Crippen molar-refractivity contribution in [1.82, 2.24) is 0 Å². The summed E-state index contributed by atoms with van der Waals surface area (Å²) in [7, 11) is 0. The summed E-state index contributed by atoms with van der Waals surface area (Å²) in [6.07, 6.45) is 14.7. The van der Waals surface area contributed by atoms with Gasteiger partial charge in [0.25, 0.3) is 0 Å². The second-order valence-electron chi connectivity index (χ2n) is 4.87. The van der Waals surface area contributed by atoms with Crippen LogP contribution in [0.5, 0.6) is 0 Å². The average Bonchev–Trinajstić information content (AvgIpc) is 2.32. The van der Waals surface area contributed by atoms with Crippen LogP contribution in [0.25, 0.3) is 0 Å². The third-order valence-electron chi connectivity index (χ3n) is 3.37. The molecule has 0 spiro atoms. The highest BCUT2D eigenvalue weighted by molar-refractivity contribution is 5.55. The molecule has 94 valence electrons. The molecule has 2 heteroatoms. The minimum atomic E-state index is -0.136. The van der Waals surface area contributed by atoms with E-state index in [0.29, 0.717) is 0 Å². The predicted octanol–water partition coefficient (Wildman–Crippen LogP) is 3.88. The monoisotopic (exact) mass is 226 g/mol. The molecule has 1 aliphatic rings. The number of carbonyl (C=O) groups excluding carboxylic acids is 1. The Balaban J connectivity index is 2.18. The molecule has 0 aromatic carbocycles. The summed E-state index contributed by atoms with van der Waals surface area (Å²) < 4.78 is 5.57. The van der Waals surface area contributed by atoms with Gasteiger partial charge in [0.2, 0.25) is 0 Å². The van der Waals surface area contributed by atoms with Crippen molar-refractivity contribution in [3.8, 4) is 0 Å². The van der Waals surface area contributed by atoms with Crippen LogP contribution in [0.3, 0.4) is 0 Å². The van der Waals surface area contributed by atoms with Crippen LogP contribution >= 0.6 is 0 Å². The summed E-state index contributed by atoms with van der Waals surface area (Å²) in [5, 5.41) is 0. The van der Waals surface area contributed by atoms with Crippen molar-refractivity contribution in [2.75, 3.05) is 6.61 Å². The van der Waals surface area contributed by atoms with Crippen molar-refractivity contribution in [1.29, 1.82) is 0 Å². The molecule has 0 aromatic rings. The Bertz CT molecular complexity index is 154. The maximum absolute atomic E-state index is 10.8. The van der Waals surface area contributed by atoms with Crippen LogP contribution in [0.1, 0.15) is 70.6 Å². The second-order valence-corrected chi connectivity index (χ2v) is 4.87. The number of hydrogen-bond donors (Lipinski definition) is 0. The van der Waals surface area contributed by atoms with Crippen LogP contribution in [-0.4, -0.2) is 19.0 Å². The van der Waals surface area contributed by atoms with Gasteiger partial charge in [0.15, 0.2) is 0 Å². The molecular weight excluding hydrogens is 200 g/mol. The molecule has 1 atom stereocenters. The highest BCUT2D eigenvalue weighted by Crippen LogP contribution is 2.14. The standard InChI is InChI=1S/C14H26O2/c15-13-14-11-9-7-5-3-1-2-4-6-8-10-12-16-14/h13-14H,1-12H2. The highest BCUT2D eigenvalue weighted by Gasteiger charge is 2.07. The average molecular weight is 226 g/mol. The minimum absolute atomic E-state index is 0.136. The quantitative estimate of drug-likeness (QED) is 0.634. The summed E-state index contributed by atoms with van der Waals surface area (Å²) in [6, 6.07) is 0. The molecule has 0 radical (unpaired) electrons. The number of ether oxygens (including phenoxy) is 1. The fourth-order valence-electron chi connectivity index (χ4n) is 2.29. The van der Waals surface area contributed by atoms with Crippen LogP contribution in [-0.2, 0) is 9.53 Å². The molecule has 0 aliphatic carbocycles. The van der Waals surface area contributed by atoms with E-state index < -0.39 is 0 Å². The largest absolute Gasteiger partial charge is 0.371 e. The fourth-order valence-corrected chi connectivity index (χ4v) is 2.29. The van der Waals surface area contributed by atoms with E-state index in [0.717, 1.165) is 32.2 Å². The molecule has 1 rings (SSSR count). The fraction of sp³-hybridized carbons (Fsp3) is 0.929. The first kappa shape index (κ1) is 13.7. The summed E-state index contributed by atoms with van der Waals surface area (Å²) in [4.78, 5) is 10.8. The molecule has 16 heavy (non-hydrogen) atoms. The van der Waals surface area contributed by atoms with Crippen molar-refractivity contribution in [2.45, 2.75) is 76.7 Å². The molecule has 0 N–H and O–H groups in total. The molecular formula is C14H26O2. The van der Waals surface area contributed by atoms with E-state index >= 15 is 0 Å². The van der Waals surface area contributed by atoms with Gasteiger partial charge in [-0.2, -0.15) is 0 Å². The lowest BCUT2D eigenvalue weighted by Gasteiger charge is -2.12. The van der Waals surface area contributed by atoms with E-state index in [1.54, 1.807) is 0 Å². The van der Waals surface area contributed by atoms with Crippen molar-refractivity contribution in [3.63, 3.8) is 0 Å². The lowest BCUT2D eigenvalue weighted by atomic mass is 10.0. The molecule has 1 fully saturated rings. The first-order valence-electron chi connectivity index (χ1n) is 7.00. The van der Waals surface area contributed by atoms with Crippen LogP contribution in [0.2, 0.25) is 0 Å². The Labute approximate surface area is 99.8 Å². The number of rotatable bonds is 1. The van der Waals surface area contributed by atoms with Crippen LogP contribution in [0.15, 0.2) is 0 Å². The topological polar surface area (TPSA) is 26.3 Å². The first-order valence-corrected chi connectivity index (χ1v) is 7.00.